The summed E-state index contributed by atoms with van der Waals surface area (Å²) in [6.45, 7) is 8.84. The number of anilines is 1. The summed E-state index contributed by atoms with van der Waals surface area (Å²) in [6, 6.07) is 9.68. The van der Waals surface area contributed by atoms with Crippen LogP contribution in [0.4, 0.5) is 5.88 Å². The summed E-state index contributed by atoms with van der Waals surface area (Å²) in [7, 11) is 0. The third-order valence-electron chi connectivity index (χ3n) is 4.48. The molecule has 8 heteroatoms. The number of halogens is 2. The molecular formula is C19H26Cl2N4O2. The van der Waals surface area contributed by atoms with Crippen LogP contribution in [0.2, 0.25) is 5.02 Å². The van der Waals surface area contributed by atoms with Gasteiger partial charge in [0.15, 0.2) is 0 Å². The monoisotopic (exact) mass is 412 g/mol. The summed E-state index contributed by atoms with van der Waals surface area (Å²) in [5.74, 6) is 0.268. The van der Waals surface area contributed by atoms with E-state index in [4.69, 9.17) is 16.1 Å². The van der Waals surface area contributed by atoms with Crippen LogP contribution in [0.3, 0.4) is 0 Å². The van der Waals surface area contributed by atoms with Crippen LogP contribution in [0.5, 0.6) is 0 Å². The summed E-state index contributed by atoms with van der Waals surface area (Å²) < 4.78 is 5.25. The molecule has 0 bridgehead atoms. The Morgan fingerprint density at radius 2 is 2.19 bits per heavy atom. The fourth-order valence-electron chi connectivity index (χ4n) is 3.03. The average molecular weight is 413 g/mol. The van der Waals surface area contributed by atoms with Crippen molar-refractivity contribution in [3.05, 3.63) is 46.6 Å². The quantitative estimate of drug-likeness (QED) is 0.801. The summed E-state index contributed by atoms with van der Waals surface area (Å²) in [5.41, 5.74) is 1.79. The molecule has 1 fully saturated rings. The highest BCUT2D eigenvalue weighted by molar-refractivity contribution is 6.30. The second-order valence-electron chi connectivity index (χ2n) is 7.62. The zero-order valence-corrected chi connectivity index (χ0v) is 17.4. The molecule has 1 saturated heterocycles. The van der Waals surface area contributed by atoms with Crippen LogP contribution in [0, 0.1) is 0 Å². The van der Waals surface area contributed by atoms with Gasteiger partial charge in [-0.1, -0.05) is 49.7 Å². The van der Waals surface area contributed by atoms with Crippen molar-refractivity contribution in [2.24, 2.45) is 0 Å². The Kier molecular flexibility index (Phi) is 7.28. The van der Waals surface area contributed by atoms with Gasteiger partial charge in [-0.05, 0) is 17.7 Å². The van der Waals surface area contributed by atoms with Crippen molar-refractivity contribution in [2.45, 2.75) is 32.2 Å². The Morgan fingerprint density at radius 3 is 2.85 bits per heavy atom. The molecule has 1 aliphatic rings. The fraction of sp³-hybridized carbons (Fsp3) is 0.474. The van der Waals surface area contributed by atoms with Gasteiger partial charge < -0.3 is 9.84 Å². The average Bonchev–Trinajstić information content (AvgIpc) is 3.04. The number of carbonyl (C=O) groups excluding carboxylic acids is 1. The van der Waals surface area contributed by atoms with Crippen molar-refractivity contribution < 1.29 is 9.32 Å². The van der Waals surface area contributed by atoms with Gasteiger partial charge in [-0.25, -0.2) is 0 Å². The number of benzene rings is 1. The van der Waals surface area contributed by atoms with Crippen LogP contribution in [0.1, 0.15) is 38.1 Å². The van der Waals surface area contributed by atoms with Crippen LogP contribution in [0.15, 0.2) is 34.9 Å². The number of rotatable bonds is 4. The maximum absolute atomic E-state index is 12.5. The Morgan fingerprint density at radius 1 is 1.41 bits per heavy atom. The third kappa shape index (κ3) is 5.69. The van der Waals surface area contributed by atoms with E-state index in [1.54, 1.807) is 6.07 Å². The number of hydrogen-bond acceptors (Lipinski definition) is 5. The molecular weight excluding hydrogens is 387 g/mol. The molecule has 0 saturated carbocycles. The van der Waals surface area contributed by atoms with Gasteiger partial charge in [-0.2, -0.15) is 0 Å². The Balaban J connectivity index is 0.00000261. The van der Waals surface area contributed by atoms with E-state index in [9.17, 15) is 4.79 Å². The molecule has 1 aliphatic heterocycles. The Labute approximate surface area is 171 Å². The van der Waals surface area contributed by atoms with E-state index >= 15 is 0 Å². The first-order valence-corrected chi connectivity index (χ1v) is 9.18. The van der Waals surface area contributed by atoms with Gasteiger partial charge in [-0.15, -0.1) is 12.4 Å². The molecule has 2 N–H and O–H groups in total. The van der Waals surface area contributed by atoms with E-state index in [2.05, 4.69) is 20.7 Å². The fourth-order valence-corrected chi connectivity index (χ4v) is 3.23. The lowest BCUT2D eigenvalue weighted by Gasteiger charge is -2.36. The molecule has 6 nitrogen and oxygen atoms in total. The van der Waals surface area contributed by atoms with Gasteiger partial charge in [-0.3, -0.25) is 15.0 Å². The summed E-state index contributed by atoms with van der Waals surface area (Å²) in [6.07, 6.45) is 0. The number of nitrogens with zero attached hydrogens (tertiary/aromatic N) is 2. The second kappa shape index (κ2) is 9.06. The van der Waals surface area contributed by atoms with Crippen molar-refractivity contribution in [3.8, 4) is 0 Å². The van der Waals surface area contributed by atoms with Crippen molar-refractivity contribution in [1.82, 2.24) is 15.4 Å². The van der Waals surface area contributed by atoms with Gasteiger partial charge >= 0.3 is 0 Å². The van der Waals surface area contributed by atoms with Gasteiger partial charge in [0.1, 0.15) is 0 Å². The number of amides is 1. The molecule has 1 aromatic carbocycles. The first-order chi connectivity index (χ1) is 12.3. The van der Waals surface area contributed by atoms with E-state index in [0.29, 0.717) is 10.9 Å². The van der Waals surface area contributed by atoms with Crippen molar-refractivity contribution in [1.29, 1.82) is 0 Å². The predicted octanol–water partition coefficient (Wildman–Crippen LogP) is 3.63. The molecule has 148 valence electrons. The highest BCUT2D eigenvalue weighted by Crippen LogP contribution is 2.25. The van der Waals surface area contributed by atoms with Crippen molar-refractivity contribution in [3.63, 3.8) is 0 Å². The molecule has 1 atom stereocenters. The normalized spacial score (nSPS) is 18.0. The maximum atomic E-state index is 12.5. The first kappa shape index (κ1) is 21.7. The molecule has 3 rings (SSSR count). The standard InChI is InChI=1S/C19H25ClN4O2.ClH/c1-19(2,3)16-10-18(26-23-16)22-17(25)12-24-8-7-21-11-15(24)13-5-4-6-14(20)9-13;/h4-6,9-10,15,21H,7-8,11-12H2,1-3H3,(H,22,25);1H. The predicted molar refractivity (Wildman–Crippen MR) is 110 cm³/mol. The summed E-state index contributed by atoms with van der Waals surface area (Å²) >= 11 is 6.13. The van der Waals surface area contributed by atoms with Crippen LogP contribution in [-0.4, -0.2) is 42.1 Å². The molecule has 0 aliphatic carbocycles. The molecule has 1 unspecified atom stereocenters. The van der Waals surface area contributed by atoms with Crippen LogP contribution < -0.4 is 10.6 Å². The van der Waals surface area contributed by atoms with Crippen LogP contribution >= 0.6 is 24.0 Å². The van der Waals surface area contributed by atoms with Gasteiger partial charge in [0.25, 0.3) is 0 Å². The summed E-state index contributed by atoms with van der Waals surface area (Å²) in [5, 5.41) is 10.9. The SMILES string of the molecule is CC(C)(C)c1cc(NC(=O)CN2CCNCC2c2cccc(Cl)c2)on1.Cl. The van der Waals surface area contributed by atoms with Gasteiger partial charge in [0.2, 0.25) is 11.8 Å². The van der Waals surface area contributed by atoms with E-state index in [-0.39, 0.29) is 36.3 Å². The molecule has 0 spiro atoms. The molecule has 2 aromatic rings. The molecule has 27 heavy (non-hydrogen) atoms. The Hall–Kier alpha value is -1.60. The lowest BCUT2D eigenvalue weighted by Crippen LogP contribution is -2.48. The minimum atomic E-state index is -0.122. The van der Waals surface area contributed by atoms with Crippen molar-refractivity contribution >= 4 is 35.8 Å². The van der Waals surface area contributed by atoms with Crippen LogP contribution in [0.25, 0.3) is 0 Å². The zero-order chi connectivity index (χ0) is 18.7. The van der Waals surface area contributed by atoms with Crippen LogP contribution in [-0.2, 0) is 10.2 Å². The lowest BCUT2D eigenvalue weighted by atomic mass is 9.92. The number of nitrogens with one attached hydrogen (secondary N) is 2. The molecule has 1 aromatic heterocycles. The van der Waals surface area contributed by atoms with E-state index in [1.165, 1.54) is 0 Å². The largest absolute Gasteiger partial charge is 0.338 e. The maximum Gasteiger partial charge on any atom is 0.240 e. The minimum Gasteiger partial charge on any atom is -0.338 e. The highest BCUT2D eigenvalue weighted by Gasteiger charge is 2.26. The molecule has 2 heterocycles. The lowest BCUT2D eigenvalue weighted by molar-refractivity contribution is -0.118. The topological polar surface area (TPSA) is 70.4 Å². The smallest absolute Gasteiger partial charge is 0.240 e. The Bertz CT molecular complexity index is 773. The third-order valence-corrected chi connectivity index (χ3v) is 4.71. The number of carbonyl (C=O) groups is 1. The molecule has 1 amide bonds. The summed E-state index contributed by atoms with van der Waals surface area (Å²) in [4.78, 5) is 14.6. The van der Waals surface area contributed by atoms with E-state index in [1.807, 2.05) is 45.0 Å². The van der Waals surface area contributed by atoms with E-state index in [0.717, 1.165) is 30.9 Å². The van der Waals surface area contributed by atoms with Gasteiger partial charge in [0.05, 0.1) is 12.2 Å². The van der Waals surface area contributed by atoms with Gasteiger partial charge in [0, 0.05) is 42.2 Å². The second-order valence-corrected chi connectivity index (χ2v) is 8.06. The minimum absolute atomic E-state index is 0. The number of aromatic nitrogens is 1. The van der Waals surface area contributed by atoms with Crippen molar-refractivity contribution in [2.75, 3.05) is 31.5 Å². The van der Waals surface area contributed by atoms with E-state index < -0.39 is 0 Å². The number of hydrogen-bond donors (Lipinski definition) is 2. The highest BCUT2D eigenvalue weighted by atomic mass is 35.5. The number of piperazine rings is 1. The first-order valence-electron chi connectivity index (χ1n) is 8.80. The molecule has 0 radical (unpaired) electrons. The zero-order valence-electron chi connectivity index (χ0n) is 15.8.